The molecular weight excluding hydrogens is 362 g/mol. The lowest BCUT2D eigenvalue weighted by atomic mass is 9.96. The molecule has 5 heterocycles. The van der Waals surface area contributed by atoms with Gasteiger partial charge in [0.2, 0.25) is 0 Å². The van der Waals surface area contributed by atoms with Gasteiger partial charge in [-0.05, 0) is 43.5 Å². The van der Waals surface area contributed by atoms with Crippen LogP contribution in [0.15, 0.2) is 65.2 Å². The second kappa shape index (κ2) is 7.58. The third-order valence-electron chi connectivity index (χ3n) is 5.59. The highest BCUT2D eigenvalue weighted by atomic mass is 15.4. The number of aromatic nitrogens is 4. The molecule has 0 aromatic carbocycles. The fraction of sp³-hybridized carbons (Fsp3) is 0.318. The maximum Gasteiger partial charge on any atom is 0.175 e. The molecule has 2 atom stereocenters. The number of nitrogens with zero attached hydrogens (tertiary/aromatic N) is 7. The van der Waals surface area contributed by atoms with Crippen LogP contribution in [0.1, 0.15) is 43.5 Å². The Kier molecular flexibility index (Phi) is 4.63. The molecule has 7 heteroatoms. The van der Waals surface area contributed by atoms with Crippen molar-refractivity contribution in [3.8, 4) is 0 Å². The van der Waals surface area contributed by atoms with Gasteiger partial charge in [0.05, 0.1) is 5.71 Å². The maximum absolute atomic E-state index is 4.92. The van der Waals surface area contributed by atoms with Crippen LogP contribution in [-0.2, 0) is 0 Å². The molecule has 0 N–H and O–H groups in total. The number of aliphatic imine (C=N–C) groups is 1. The summed E-state index contributed by atoms with van der Waals surface area (Å²) in [5.41, 5.74) is 1.99. The van der Waals surface area contributed by atoms with E-state index in [-0.39, 0.29) is 5.92 Å². The number of anilines is 1. The van der Waals surface area contributed by atoms with Gasteiger partial charge in [-0.25, -0.2) is 19.6 Å². The first-order chi connectivity index (χ1) is 14.3. The summed E-state index contributed by atoms with van der Waals surface area (Å²) in [5, 5.41) is 4.58. The van der Waals surface area contributed by atoms with Crippen molar-refractivity contribution in [1.82, 2.24) is 19.6 Å². The van der Waals surface area contributed by atoms with Gasteiger partial charge in [-0.2, -0.15) is 5.10 Å². The zero-order valence-corrected chi connectivity index (χ0v) is 16.4. The fourth-order valence-electron chi connectivity index (χ4n) is 4.04. The van der Waals surface area contributed by atoms with E-state index in [0.29, 0.717) is 18.3 Å². The van der Waals surface area contributed by atoms with Crippen molar-refractivity contribution in [3.05, 3.63) is 66.5 Å². The molecule has 0 spiro atoms. The Morgan fingerprint density at radius 1 is 1.14 bits per heavy atom. The van der Waals surface area contributed by atoms with Gasteiger partial charge in [-0.15, -0.1) is 0 Å². The zero-order chi connectivity index (χ0) is 19.6. The number of fused-ring (bicyclic) bond motifs is 1. The van der Waals surface area contributed by atoms with E-state index < -0.39 is 0 Å². The van der Waals surface area contributed by atoms with Gasteiger partial charge < -0.3 is 4.90 Å². The van der Waals surface area contributed by atoms with Crippen LogP contribution in [-0.4, -0.2) is 44.1 Å². The van der Waals surface area contributed by atoms with Crippen LogP contribution in [0.3, 0.4) is 0 Å². The van der Waals surface area contributed by atoms with Crippen molar-refractivity contribution in [3.63, 3.8) is 0 Å². The monoisotopic (exact) mass is 385 g/mol. The molecule has 146 valence electrons. The van der Waals surface area contributed by atoms with E-state index in [1.165, 1.54) is 12.8 Å². The highest BCUT2D eigenvalue weighted by molar-refractivity contribution is 6.02. The molecule has 0 radical (unpaired) electrons. The summed E-state index contributed by atoms with van der Waals surface area (Å²) in [5.74, 6) is 2.55. The Bertz CT molecular complexity index is 1050. The summed E-state index contributed by atoms with van der Waals surface area (Å²) < 4.78 is 1.78. The van der Waals surface area contributed by atoms with E-state index in [0.717, 1.165) is 29.5 Å². The smallest absolute Gasteiger partial charge is 0.175 e. The predicted molar refractivity (Wildman–Crippen MR) is 114 cm³/mol. The number of imidazole rings is 1. The summed E-state index contributed by atoms with van der Waals surface area (Å²) in [6, 6.07) is 10.6. The van der Waals surface area contributed by atoms with Crippen molar-refractivity contribution in [2.75, 3.05) is 11.4 Å². The SMILES string of the molecule is CC1CCCN1c1cccc(N=C2CC(c3cccnc3)C=Nn3ccnc32)n1. The highest BCUT2D eigenvalue weighted by Crippen LogP contribution is 2.27. The van der Waals surface area contributed by atoms with Crippen molar-refractivity contribution in [1.29, 1.82) is 0 Å². The Hall–Kier alpha value is -3.35. The zero-order valence-electron chi connectivity index (χ0n) is 16.4. The molecule has 2 unspecified atom stereocenters. The molecule has 1 saturated heterocycles. The third kappa shape index (κ3) is 3.55. The fourth-order valence-corrected chi connectivity index (χ4v) is 4.04. The van der Waals surface area contributed by atoms with Crippen LogP contribution in [0.25, 0.3) is 0 Å². The molecule has 7 nitrogen and oxygen atoms in total. The van der Waals surface area contributed by atoms with E-state index in [2.05, 4.69) is 39.0 Å². The second-order valence-corrected chi connectivity index (χ2v) is 7.55. The molecule has 3 aromatic rings. The summed E-state index contributed by atoms with van der Waals surface area (Å²) in [6.45, 7) is 3.31. The number of rotatable bonds is 3. The normalized spacial score (nSPS) is 22.7. The first-order valence-corrected chi connectivity index (χ1v) is 10.1. The van der Waals surface area contributed by atoms with Gasteiger partial charge in [-0.3, -0.25) is 4.98 Å². The summed E-state index contributed by atoms with van der Waals surface area (Å²) >= 11 is 0. The lowest BCUT2D eigenvalue weighted by Gasteiger charge is -2.22. The van der Waals surface area contributed by atoms with Gasteiger partial charge in [0.25, 0.3) is 0 Å². The van der Waals surface area contributed by atoms with Gasteiger partial charge in [0.1, 0.15) is 5.82 Å². The summed E-state index contributed by atoms with van der Waals surface area (Å²) in [4.78, 5) is 20.9. The minimum Gasteiger partial charge on any atom is -0.354 e. The average molecular weight is 385 g/mol. The van der Waals surface area contributed by atoms with Gasteiger partial charge in [-0.1, -0.05) is 12.1 Å². The molecule has 0 amide bonds. The Balaban J connectivity index is 1.51. The average Bonchev–Trinajstić information content (AvgIpc) is 3.36. The van der Waals surface area contributed by atoms with Gasteiger partial charge >= 0.3 is 0 Å². The van der Waals surface area contributed by atoms with Crippen LogP contribution in [0.5, 0.6) is 0 Å². The van der Waals surface area contributed by atoms with E-state index in [9.17, 15) is 0 Å². The third-order valence-corrected chi connectivity index (χ3v) is 5.59. The Morgan fingerprint density at radius 2 is 2.10 bits per heavy atom. The van der Waals surface area contributed by atoms with Crippen LogP contribution in [0.4, 0.5) is 11.6 Å². The van der Waals surface area contributed by atoms with Crippen LogP contribution < -0.4 is 4.90 Å². The second-order valence-electron chi connectivity index (χ2n) is 7.55. The lowest BCUT2D eigenvalue weighted by Crippen LogP contribution is -2.26. The quantitative estimate of drug-likeness (QED) is 0.687. The van der Waals surface area contributed by atoms with Crippen molar-refractivity contribution in [2.45, 2.75) is 38.1 Å². The molecule has 3 aromatic heterocycles. The largest absolute Gasteiger partial charge is 0.354 e. The minimum absolute atomic E-state index is 0.0888. The van der Waals surface area contributed by atoms with Crippen molar-refractivity contribution in [2.24, 2.45) is 10.1 Å². The standard InChI is InChI=1S/C22H23N7/c1-16-5-4-11-28(16)21-8-2-7-20(27-21)26-19-13-18(17-6-3-9-23-14-17)15-25-29-12-10-24-22(19)29/h2-3,6-10,12,14-16,18H,4-5,11,13H2,1H3. The lowest BCUT2D eigenvalue weighted by molar-refractivity contribution is 0.727. The van der Waals surface area contributed by atoms with E-state index in [1.54, 1.807) is 17.1 Å². The molecule has 2 aliphatic heterocycles. The number of pyridine rings is 2. The predicted octanol–water partition coefficient (Wildman–Crippen LogP) is 3.80. The molecule has 1 fully saturated rings. The first-order valence-electron chi connectivity index (χ1n) is 10.1. The highest BCUT2D eigenvalue weighted by Gasteiger charge is 2.23. The van der Waals surface area contributed by atoms with Crippen molar-refractivity contribution < 1.29 is 0 Å². The van der Waals surface area contributed by atoms with Crippen LogP contribution in [0.2, 0.25) is 0 Å². The summed E-state index contributed by atoms with van der Waals surface area (Å²) in [6.07, 6.45) is 12.3. The molecule has 5 rings (SSSR count). The van der Waals surface area contributed by atoms with E-state index >= 15 is 0 Å². The molecular formula is C22H23N7. The molecule has 0 saturated carbocycles. The number of hydrogen-bond donors (Lipinski definition) is 0. The van der Waals surface area contributed by atoms with Crippen LogP contribution in [0, 0.1) is 0 Å². The molecule has 0 bridgehead atoms. The maximum atomic E-state index is 4.92. The van der Waals surface area contributed by atoms with Gasteiger partial charge in [0, 0.05) is 55.9 Å². The topological polar surface area (TPSA) is 71.6 Å². The van der Waals surface area contributed by atoms with E-state index in [1.807, 2.05) is 36.8 Å². The van der Waals surface area contributed by atoms with Crippen LogP contribution >= 0.6 is 0 Å². The molecule has 2 aliphatic rings. The Morgan fingerprint density at radius 3 is 2.93 bits per heavy atom. The minimum atomic E-state index is 0.0888. The number of hydrogen-bond acceptors (Lipinski definition) is 6. The Labute approximate surface area is 169 Å². The van der Waals surface area contributed by atoms with Crippen molar-refractivity contribution >= 4 is 23.6 Å². The molecule has 0 aliphatic carbocycles. The van der Waals surface area contributed by atoms with E-state index in [4.69, 9.17) is 9.98 Å². The first kappa shape index (κ1) is 17.7. The molecule has 29 heavy (non-hydrogen) atoms. The summed E-state index contributed by atoms with van der Waals surface area (Å²) in [7, 11) is 0. The van der Waals surface area contributed by atoms with Gasteiger partial charge in [0.15, 0.2) is 11.6 Å².